The molecule has 0 amide bonds. The molecule has 1 aliphatic rings. The SMILES string of the molecule is OCC[C@H]1C[NH2+]CCN1. The lowest BCUT2D eigenvalue weighted by Gasteiger charge is -2.20. The fourth-order valence-electron chi connectivity index (χ4n) is 1.17. The topological polar surface area (TPSA) is 48.9 Å². The van der Waals surface area contributed by atoms with E-state index in [4.69, 9.17) is 5.11 Å². The summed E-state index contributed by atoms with van der Waals surface area (Å²) in [6.45, 7) is 3.71. The van der Waals surface area contributed by atoms with Crippen molar-refractivity contribution >= 4 is 0 Å². The fraction of sp³-hybridized carbons (Fsp3) is 1.00. The number of rotatable bonds is 2. The smallest absolute Gasteiger partial charge is 0.0912 e. The lowest BCUT2D eigenvalue weighted by Crippen LogP contribution is -2.91. The molecule has 4 N–H and O–H groups in total. The van der Waals surface area contributed by atoms with Gasteiger partial charge in [-0.3, -0.25) is 0 Å². The molecule has 0 aromatic heterocycles. The second-order valence-electron chi connectivity index (χ2n) is 2.48. The molecule has 0 aromatic rings. The Kier molecular flexibility index (Phi) is 2.97. The van der Waals surface area contributed by atoms with E-state index in [1.165, 1.54) is 6.54 Å². The van der Waals surface area contributed by atoms with E-state index in [2.05, 4.69) is 10.6 Å². The van der Waals surface area contributed by atoms with Crippen LogP contribution in [-0.2, 0) is 0 Å². The molecule has 1 saturated heterocycles. The maximum Gasteiger partial charge on any atom is 0.0912 e. The highest BCUT2D eigenvalue weighted by atomic mass is 16.3. The van der Waals surface area contributed by atoms with Crippen LogP contribution in [-0.4, -0.2) is 37.4 Å². The third-order valence-corrected chi connectivity index (χ3v) is 1.71. The van der Waals surface area contributed by atoms with Gasteiger partial charge in [-0.05, 0) is 6.42 Å². The molecule has 1 atom stereocenters. The van der Waals surface area contributed by atoms with E-state index in [1.54, 1.807) is 0 Å². The monoisotopic (exact) mass is 131 g/mol. The highest BCUT2D eigenvalue weighted by molar-refractivity contribution is 4.65. The van der Waals surface area contributed by atoms with Crippen molar-refractivity contribution in [3.05, 3.63) is 0 Å². The highest BCUT2D eigenvalue weighted by Crippen LogP contribution is 1.87. The Morgan fingerprint density at radius 3 is 3.11 bits per heavy atom. The predicted octanol–water partition coefficient (Wildman–Crippen LogP) is -2.10. The van der Waals surface area contributed by atoms with Gasteiger partial charge in [-0.1, -0.05) is 0 Å². The van der Waals surface area contributed by atoms with Crippen LogP contribution < -0.4 is 10.6 Å². The highest BCUT2D eigenvalue weighted by Gasteiger charge is 2.12. The van der Waals surface area contributed by atoms with Gasteiger partial charge in [0.05, 0.1) is 19.1 Å². The summed E-state index contributed by atoms with van der Waals surface area (Å²) in [7, 11) is 0. The molecule has 1 rings (SSSR count). The number of hydrogen-bond acceptors (Lipinski definition) is 2. The quantitative estimate of drug-likeness (QED) is 0.402. The van der Waals surface area contributed by atoms with Crippen LogP contribution in [0.1, 0.15) is 6.42 Å². The van der Waals surface area contributed by atoms with Gasteiger partial charge in [0.1, 0.15) is 0 Å². The van der Waals surface area contributed by atoms with Crippen molar-refractivity contribution in [2.45, 2.75) is 12.5 Å². The van der Waals surface area contributed by atoms with Crippen molar-refractivity contribution in [2.75, 3.05) is 26.2 Å². The van der Waals surface area contributed by atoms with Crippen LogP contribution in [0.4, 0.5) is 0 Å². The van der Waals surface area contributed by atoms with E-state index in [-0.39, 0.29) is 0 Å². The van der Waals surface area contributed by atoms with Crippen LogP contribution in [0.2, 0.25) is 0 Å². The van der Waals surface area contributed by atoms with E-state index in [0.29, 0.717) is 12.6 Å². The Balaban J connectivity index is 2.08. The molecular formula is C6H15N2O+. The molecule has 9 heavy (non-hydrogen) atoms. The second kappa shape index (κ2) is 3.82. The van der Waals surface area contributed by atoms with Crippen molar-refractivity contribution in [1.82, 2.24) is 5.32 Å². The first-order valence-electron chi connectivity index (χ1n) is 3.59. The summed E-state index contributed by atoms with van der Waals surface area (Å²) in [4.78, 5) is 0. The predicted molar refractivity (Wildman–Crippen MR) is 35.2 cm³/mol. The Hall–Kier alpha value is -0.120. The molecule has 3 nitrogen and oxygen atoms in total. The van der Waals surface area contributed by atoms with Crippen LogP contribution in [0.3, 0.4) is 0 Å². The maximum absolute atomic E-state index is 8.56. The lowest BCUT2D eigenvalue weighted by atomic mass is 10.2. The minimum absolute atomic E-state index is 0.311. The first-order chi connectivity index (χ1) is 4.43. The normalized spacial score (nSPS) is 28.3. The number of hydrogen-bond donors (Lipinski definition) is 3. The van der Waals surface area contributed by atoms with Gasteiger partial charge in [-0.25, -0.2) is 0 Å². The third-order valence-electron chi connectivity index (χ3n) is 1.71. The summed E-state index contributed by atoms with van der Waals surface area (Å²) in [6.07, 6.45) is 0.899. The van der Waals surface area contributed by atoms with Crippen LogP contribution >= 0.6 is 0 Å². The van der Waals surface area contributed by atoms with E-state index in [9.17, 15) is 0 Å². The summed E-state index contributed by atoms with van der Waals surface area (Å²) in [5.74, 6) is 0. The van der Waals surface area contributed by atoms with Crippen molar-refractivity contribution in [1.29, 1.82) is 0 Å². The molecule has 0 spiro atoms. The molecule has 0 aliphatic carbocycles. The zero-order valence-corrected chi connectivity index (χ0v) is 5.64. The summed E-state index contributed by atoms with van der Waals surface area (Å²) in [6, 6.07) is 0.545. The number of nitrogens with one attached hydrogen (secondary N) is 1. The molecule has 1 heterocycles. The van der Waals surface area contributed by atoms with Gasteiger partial charge >= 0.3 is 0 Å². The molecule has 0 aromatic carbocycles. The first-order valence-corrected chi connectivity index (χ1v) is 3.59. The van der Waals surface area contributed by atoms with Crippen LogP contribution in [0, 0.1) is 0 Å². The van der Waals surface area contributed by atoms with Crippen LogP contribution in [0.15, 0.2) is 0 Å². The molecule has 0 bridgehead atoms. The number of piperazine rings is 1. The second-order valence-corrected chi connectivity index (χ2v) is 2.48. The van der Waals surface area contributed by atoms with Crippen molar-refractivity contribution < 1.29 is 10.4 Å². The summed E-state index contributed by atoms with van der Waals surface area (Å²) in [5.41, 5.74) is 0. The molecule has 1 fully saturated rings. The largest absolute Gasteiger partial charge is 0.396 e. The van der Waals surface area contributed by atoms with Gasteiger partial charge in [0, 0.05) is 13.2 Å². The standard InChI is InChI=1S/C6H14N2O/c9-4-1-6-5-7-2-3-8-6/h6-9H,1-5H2/p+1/t6-/m0/s1. The number of aliphatic hydroxyl groups is 1. The number of nitrogens with two attached hydrogens (primary N) is 1. The lowest BCUT2D eigenvalue weighted by molar-refractivity contribution is -0.662. The van der Waals surface area contributed by atoms with E-state index in [1.807, 2.05) is 0 Å². The molecular weight excluding hydrogens is 116 g/mol. The number of quaternary nitrogens is 1. The molecule has 0 radical (unpaired) electrons. The molecule has 54 valence electrons. The molecule has 1 aliphatic heterocycles. The van der Waals surface area contributed by atoms with Crippen molar-refractivity contribution in [2.24, 2.45) is 0 Å². The van der Waals surface area contributed by atoms with Gasteiger partial charge in [-0.15, -0.1) is 0 Å². The van der Waals surface area contributed by atoms with Gasteiger partial charge in [0.15, 0.2) is 0 Å². The van der Waals surface area contributed by atoms with E-state index < -0.39 is 0 Å². The fourth-order valence-corrected chi connectivity index (χ4v) is 1.17. The summed E-state index contributed by atoms with van der Waals surface area (Å²) < 4.78 is 0. The van der Waals surface area contributed by atoms with E-state index >= 15 is 0 Å². The van der Waals surface area contributed by atoms with Gasteiger partial charge in [0.2, 0.25) is 0 Å². The van der Waals surface area contributed by atoms with Crippen molar-refractivity contribution in [3.8, 4) is 0 Å². The average Bonchev–Trinajstić information content (AvgIpc) is 1.91. The van der Waals surface area contributed by atoms with Gasteiger partial charge < -0.3 is 15.7 Å². The van der Waals surface area contributed by atoms with Gasteiger partial charge in [-0.2, -0.15) is 0 Å². The molecule has 0 unspecified atom stereocenters. The summed E-state index contributed by atoms with van der Waals surface area (Å²) >= 11 is 0. The zero-order chi connectivity index (χ0) is 6.53. The van der Waals surface area contributed by atoms with Gasteiger partial charge in [0.25, 0.3) is 0 Å². The number of aliphatic hydroxyl groups excluding tert-OH is 1. The van der Waals surface area contributed by atoms with Crippen molar-refractivity contribution in [3.63, 3.8) is 0 Å². The molecule has 3 heteroatoms. The minimum Gasteiger partial charge on any atom is -0.396 e. The van der Waals surface area contributed by atoms with Crippen LogP contribution in [0.25, 0.3) is 0 Å². The van der Waals surface area contributed by atoms with Crippen LogP contribution in [0.5, 0.6) is 0 Å². The Morgan fingerprint density at radius 2 is 2.56 bits per heavy atom. The average molecular weight is 131 g/mol. The minimum atomic E-state index is 0.311. The first kappa shape index (κ1) is 6.99. The Morgan fingerprint density at radius 1 is 1.67 bits per heavy atom. The van der Waals surface area contributed by atoms with E-state index in [0.717, 1.165) is 19.5 Å². The summed E-state index contributed by atoms with van der Waals surface area (Å²) in [5, 5.41) is 14.2. The third kappa shape index (κ3) is 2.30. The molecule has 0 saturated carbocycles. The Labute approximate surface area is 55.5 Å². The zero-order valence-electron chi connectivity index (χ0n) is 5.64. The Bertz CT molecular complexity index is 68.7. The maximum atomic E-state index is 8.56.